The number of carbonyl (C=O) groups is 2. The van der Waals surface area contributed by atoms with Crippen molar-refractivity contribution in [3.05, 3.63) is 96.1 Å². The number of anilines is 1. The molecular weight excluding hydrogens is 486 g/mol. The molecule has 7 nitrogen and oxygen atoms in total. The Morgan fingerprint density at radius 1 is 0.919 bits per heavy atom. The highest BCUT2D eigenvalue weighted by Crippen LogP contribution is 2.25. The lowest BCUT2D eigenvalue weighted by atomic mass is 10.1. The smallest absolute Gasteiger partial charge is 0.264 e. The molecule has 2 amide bonds. The van der Waals surface area contributed by atoms with E-state index in [2.05, 4.69) is 5.32 Å². The Morgan fingerprint density at radius 2 is 1.57 bits per heavy atom. The maximum Gasteiger partial charge on any atom is 0.264 e. The second kappa shape index (κ2) is 13.1. The molecule has 0 aliphatic heterocycles. The van der Waals surface area contributed by atoms with E-state index in [4.69, 9.17) is 0 Å². The van der Waals surface area contributed by atoms with Gasteiger partial charge in [-0.05, 0) is 62.1 Å². The van der Waals surface area contributed by atoms with E-state index in [1.54, 1.807) is 43.3 Å². The zero-order valence-corrected chi connectivity index (χ0v) is 22.4. The van der Waals surface area contributed by atoms with E-state index in [0.29, 0.717) is 18.7 Å². The zero-order valence-electron chi connectivity index (χ0n) is 21.6. The number of nitrogens with zero attached hydrogens (tertiary/aromatic N) is 2. The molecule has 1 atom stereocenters. The number of hydrogen-bond donors (Lipinski definition) is 1. The van der Waals surface area contributed by atoms with Crippen LogP contribution in [0.2, 0.25) is 0 Å². The number of hydrogen-bond acceptors (Lipinski definition) is 4. The largest absolute Gasteiger partial charge is 0.354 e. The summed E-state index contributed by atoms with van der Waals surface area (Å²) in [5, 5.41) is 2.85. The number of nitrogens with one attached hydrogen (secondary N) is 1. The first kappa shape index (κ1) is 27.9. The lowest BCUT2D eigenvalue weighted by Gasteiger charge is -2.32. The highest BCUT2D eigenvalue weighted by Gasteiger charge is 2.32. The lowest BCUT2D eigenvalue weighted by Crippen LogP contribution is -2.52. The molecule has 37 heavy (non-hydrogen) atoms. The monoisotopic (exact) mass is 521 g/mol. The molecule has 0 aliphatic rings. The van der Waals surface area contributed by atoms with E-state index < -0.39 is 28.5 Å². The second-order valence-electron chi connectivity index (χ2n) is 8.95. The Hall–Kier alpha value is -3.65. The number of rotatable bonds is 12. The first-order valence-corrected chi connectivity index (χ1v) is 13.9. The maximum atomic E-state index is 13.8. The average Bonchev–Trinajstić information content (AvgIpc) is 2.91. The van der Waals surface area contributed by atoms with Gasteiger partial charge in [0.1, 0.15) is 12.6 Å². The summed E-state index contributed by atoms with van der Waals surface area (Å²) in [5.41, 5.74) is 2.28. The molecule has 0 aliphatic carbocycles. The minimum Gasteiger partial charge on any atom is -0.354 e. The van der Waals surface area contributed by atoms with Gasteiger partial charge in [0.25, 0.3) is 10.0 Å². The van der Waals surface area contributed by atoms with Gasteiger partial charge in [0.2, 0.25) is 11.8 Å². The summed E-state index contributed by atoms with van der Waals surface area (Å²) >= 11 is 0. The van der Waals surface area contributed by atoms with E-state index in [9.17, 15) is 18.0 Å². The molecule has 0 aromatic heterocycles. The third-order valence-electron chi connectivity index (χ3n) is 6.10. The van der Waals surface area contributed by atoms with Crippen LogP contribution >= 0.6 is 0 Å². The summed E-state index contributed by atoms with van der Waals surface area (Å²) in [6, 6.07) is 24.0. The molecule has 0 bridgehead atoms. The van der Waals surface area contributed by atoms with Gasteiger partial charge < -0.3 is 10.2 Å². The van der Waals surface area contributed by atoms with Gasteiger partial charge in [-0.25, -0.2) is 8.42 Å². The van der Waals surface area contributed by atoms with Crippen molar-refractivity contribution in [1.29, 1.82) is 0 Å². The molecule has 3 rings (SSSR count). The molecule has 0 heterocycles. The van der Waals surface area contributed by atoms with E-state index >= 15 is 0 Å². The molecule has 3 aromatic carbocycles. The first-order chi connectivity index (χ1) is 17.7. The Balaban J connectivity index is 1.95. The van der Waals surface area contributed by atoms with Crippen LogP contribution in [0.15, 0.2) is 89.8 Å². The Bertz CT molecular complexity index is 1280. The van der Waals surface area contributed by atoms with Crippen LogP contribution in [-0.4, -0.2) is 50.8 Å². The second-order valence-corrected chi connectivity index (χ2v) is 10.8. The number of carbonyl (C=O) groups excluding carboxylic acids is 2. The third-order valence-corrected chi connectivity index (χ3v) is 7.89. The quantitative estimate of drug-likeness (QED) is 0.388. The fourth-order valence-electron chi connectivity index (χ4n) is 4.00. The molecule has 0 unspecified atom stereocenters. The fraction of sp³-hybridized carbons (Fsp3) is 0.310. The molecule has 8 heteroatoms. The van der Waals surface area contributed by atoms with Crippen molar-refractivity contribution in [2.45, 2.75) is 44.6 Å². The van der Waals surface area contributed by atoms with Crippen LogP contribution in [0.3, 0.4) is 0 Å². The van der Waals surface area contributed by atoms with Crippen molar-refractivity contribution >= 4 is 27.5 Å². The molecule has 0 saturated carbocycles. The van der Waals surface area contributed by atoms with Gasteiger partial charge in [-0.3, -0.25) is 13.9 Å². The zero-order chi connectivity index (χ0) is 26.8. The maximum absolute atomic E-state index is 13.8. The van der Waals surface area contributed by atoms with Gasteiger partial charge in [-0.1, -0.05) is 67.6 Å². The van der Waals surface area contributed by atoms with Gasteiger partial charge in [-0.2, -0.15) is 0 Å². The highest BCUT2D eigenvalue weighted by atomic mass is 32.2. The molecule has 0 fully saturated rings. The Labute approximate surface area is 220 Å². The van der Waals surface area contributed by atoms with Crippen LogP contribution in [0.4, 0.5) is 5.69 Å². The number of benzene rings is 3. The summed E-state index contributed by atoms with van der Waals surface area (Å²) < 4.78 is 28.5. The molecule has 0 radical (unpaired) electrons. The lowest BCUT2D eigenvalue weighted by molar-refractivity contribution is -0.138. The predicted octanol–water partition coefficient (Wildman–Crippen LogP) is 4.18. The first-order valence-electron chi connectivity index (χ1n) is 12.5. The van der Waals surface area contributed by atoms with Gasteiger partial charge in [0, 0.05) is 13.1 Å². The summed E-state index contributed by atoms with van der Waals surface area (Å²) in [6.07, 6.45) is 1.31. The number of amides is 2. The van der Waals surface area contributed by atoms with Crippen LogP contribution < -0.4 is 9.62 Å². The van der Waals surface area contributed by atoms with Crippen molar-refractivity contribution in [2.24, 2.45) is 0 Å². The Morgan fingerprint density at radius 3 is 2.19 bits per heavy atom. The average molecular weight is 522 g/mol. The van der Waals surface area contributed by atoms with Gasteiger partial charge >= 0.3 is 0 Å². The van der Waals surface area contributed by atoms with E-state index in [-0.39, 0.29) is 17.3 Å². The molecule has 1 N–H and O–H groups in total. The highest BCUT2D eigenvalue weighted by molar-refractivity contribution is 7.92. The number of aryl methyl sites for hydroxylation is 1. The Kier molecular flexibility index (Phi) is 9.85. The van der Waals surface area contributed by atoms with Crippen molar-refractivity contribution < 1.29 is 18.0 Å². The predicted molar refractivity (Wildman–Crippen MR) is 147 cm³/mol. The minimum absolute atomic E-state index is 0.0916. The van der Waals surface area contributed by atoms with Crippen molar-refractivity contribution in [3.63, 3.8) is 0 Å². The van der Waals surface area contributed by atoms with E-state index in [0.717, 1.165) is 21.9 Å². The summed E-state index contributed by atoms with van der Waals surface area (Å²) in [7, 11) is -4.04. The van der Waals surface area contributed by atoms with Gasteiger partial charge in [0.15, 0.2) is 0 Å². The summed E-state index contributed by atoms with van der Waals surface area (Å²) in [6.45, 7) is 5.85. The van der Waals surface area contributed by atoms with Crippen molar-refractivity contribution in [2.75, 3.05) is 23.9 Å². The molecule has 0 spiro atoms. The molecular formula is C29H35N3O4S. The normalized spacial score (nSPS) is 12.0. The van der Waals surface area contributed by atoms with E-state index in [1.165, 1.54) is 17.0 Å². The minimum atomic E-state index is -4.04. The van der Waals surface area contributed by atoms with Crippen LogP contribution in [-0.2, 0) is 26.0 Å². The summed E-state index contributed by atoms with van der Waals surface area (Å²) in [5.74, 6) is -0.715. The molecule has 0 saturated heterocycles. The van der Waals surface area contributed by atoms with Crippen LogP contribution in [0.5, 0.6) is 0 Å². The summed E-state index contributed by atoms with van der Waals surface area (Å²) in [4.78, 5) is 28.2. The molecule has 196 valence electrons. The van der Waals surface area contributed by atoms with Gasteiger partial charge in [-0.15, -0.1) is 0 Å². The number of sulfonamides is 1. The van der Waals surface area contributed by atoms with Gasteiger partial charge in [0.05, 0.1) is 10.6 Å². The van der Waals surface area contributed by atoms with Crippen LogP contribution in [0.1, 0.15) is 31.4 Å². The third kappa shape index (κ3) is 7.43. The fourth-order valence-corrected chi connectivity index (χ4v) is 5.42. The standard InChI is InChI=1S/C29H35N3O4S/c1-4-19-30-29(34)24(3)31(20-18-25-13-7-5-8-14-25)28(33)22-32(26-15-11-12-23(2)21-26)37(35,36)27-16-9-6-10-17-27/h5-17,21,24H,4,18-20,22H2,1-3H3,(H,30,34)/t24-/m1/s1. The SMILES string of the molecule is CCCNC(=O)[C@@H](C)N(CCc1ccccc1)C(=O)CN(c1cccc(C)c1)S(=O)(=O)c1ccccc1. The van der Waals surface area contributed by atoms with Crippen molar-refractivity contribution in [1.82, 2.24) is 10.2 Å². The van der Waals surface area contributed by atoms with Crippen LogP contribution in [0, 0.1) is 6.92 Å². The topological polar surface area (TPSA) is 86.8 Å². The van der Waals surface area contributed by atoms with Crippen molar-refractivity contribution in [3.8, 4) is 0 Å². The van der Waals surface area contributed by atoms with E-state index in [1.807, 2.05) is 50.2 Å². The molecule has 3 aromatic rings. The van der Waals surface area contributed by atoms with Crippen LogP contribution in [0.25, 0.3) is 0 Å².